The van der Waals surface area contributed by atoms with Crippen LogP contribution in [0.2, 0.25) is 0 Å². The van der Waals surface area contributed by atoms with Gasteiger partial charge in [-0.25, -0.2) is 4.98 Å². The molecule has 0 aliphatic heterocycles. The van der Waals surface area contributed by atoms with Gasteiger partial charge in [0, 0.05) is 18.9 Å². The Morgan fingerprint density at radius 3 is 2.94 bits per heavy atom. The Morgan fingerprint density at radius 1 is 1.53 bits per heavy atom. The molecule has 0 saturated heterocycles. The highest BCUT2D eigenvalue weighted by Gasteiger charge is 2.15. The average molecular weight is 295 g/mol. The first-order chi connectivity index (χ1) is 8.20. The zero-order chi connectivity index (χ0) is 12.3. The first-order valence-electron chi connectivity index (χ1n) is 5.16. The minimum absolute atomic E-state index is 0.275. The molecule has 0 aromatic carbocycles. The summed E-state index contributed by atoms with van der Waals surface area (Å²) in [6.07, 6.45) is 3.39. The van der Waals surface area contributed by atoms with Crippen molar-refractivity contribution < 1.29 is 4.79 Å². The molecule has 2 heterocycles. The van der Waals surface area contributed by atoms with Crippen LogP contribution < -0.4 is 5.32 Å². The van der Waals surface area contributed by atoms with Crippen molar-refractivity contribution in [2.45, 2.75) is 13.5 Å². The largest absolute Gasteiger partial charge is 0.305 e. The summed E-state index contributed by atoms with van der Waals surface area (Å²) < 4.78 is 2.37. The topological polar surface area (TPSA) is 59.8 Å². The number of amides is 1. The van der Waals surface area contributed by atoms with Crippen LogP contribution in [-0.4, -0.2) is 20.7 Å². The van der Waals surface area contributed by atoms with Gasteiger partial charge in [0.2, 0.25) is 0 Å². The summed E-state index contributed by atoms with van der Waals surface area (Å²) in [5.41, 5.74) is 0.359. The Labute approximate surface area is 107 Å². The minimum atomic E-state index is -0.275. The molecular formula is C11H11BrN4O. The van der Waals surface area contributed by atoms with Crippen molar-refractivity contribution in [2.75, 3.05) is 5.32 Å². The van der Waals surface area contributed by atoms with E-state index in [1.54, 1.807) is 29.2 Å². The van der Waals surface area contributed by atoms with Gasteiger partial charge in [-0.2, -0.15) is 5.10 Å². The number of hydrogen-bond donors (Lipinski definition) is 1. The fourth-order valence-corrected chi connectivity index (χ4v) is 1.82. The van der Waals surface area contributed by atoms with Gasteiger partial charge >= 0.3 is 0 Å². The summed E-state index contributed by atoms with van der Waals surface area (Å²) in [6.45, 7) is 2.68. The Bertz CT molecular complexity index is 524. The Hall–Kier alpha value is -1.69. The Balaban J connectivity index is 2.17. The zero-order valence-electron chi connectivity index (χ0n) is 9.22. The summed E-state index contributed by atoms with van der Waals surface area (Å²) in [5, 5.41) is 6.83. The molecule has 0 radical (unpaired) electrons. The maximum atomic E-state index is 11.9. The van der Waals surface area contributed by atoms with Gasteiger partial charge in [-0.1, -0.05) is 6.07 Å². The van der Waals surface area contributed by atoms with E-state index in [0.29, 0.717) is 16.0 Å². The lowest BCUT2D eigenvalue weighted by atomic mass is 10.4. The molecule has 1 N–H and O–H groups in total. The van der Waals surface area contributed by atoms with Crippen molar-refractivity contribution in [1.82, 2.24) is 14.8 Å². The molecule has 0 bridgehead atoms. The van der Waals surface area contributed by atoms with Crippen LogP contribution in [0.4, 0.5) is 5.82 Å². The second-order valence-corrected chi connectivity index (χ2v) is 4.20. The smallest absolute Gasteiger partial charge is 0.278 e. The van der Waals surface area contributed by atoms with Crippen molar-refractivity contribution in [3.63, 3.8) is 0 Å². The summed E-state index contributed by atoms with van der Waals surface area (Å²) in [7, 11) is 0. The fraction of sp³-hybridized carbons (Fsp3) is 0.182. The number of hydrogen-bond acceptors (Lipinski definition) is 3. The number of anilines is 1. The number of rotatable bonds is 3. The van der Waals surface area contributed by atoms with E-state index in [1.165, 1.54) is 0 Å². The molecule has 2 aromatic rings. The molecule has 0 saturated carbocycles. The van der Waals surface area contributed by atoms with Gasteiger partial charge in [0.25, 0.3) is 5.91 Å². The molecule has 0 atom stereocenters. The average Bonchev–Trinajstić information content (AvgIpc) is 2.72. The number of carbonyl (C=O) groups is 1. The highest BCUT2D eigenvalue weighted by molar-refractivity contribution is 9.10. The molecule has 0 unspecified atom stereocenters. The van der Waals surface area contributed by atoms with Crippen LogP contribution in [0.1, 0.15) is 17.4 Å². The van der Waals surface area contributed by atoms with Gasteiger partial charge in [-0.15, -0.1) is 0 Å². The molecule has 0 aliphatic carbocycles. The molecule has 2 rings (SSSR count). The monoisotopic (exact) mass is 294 g/mol. The third-order valence-electron chi connectivity index (χ3n) is 2.16. The van der Waals surface area contributed by atoms with Crippen LogP contribution in [0.25, 0.3) is 0 Å². The molecule has 0 fully saturated rings. The maximum absolute atomic E-state index is 11.9. The van der Waals surface area contributed by atoms with Crippen LogP contribution in [0.15, 0.2) is 35.1 Å². The summed E-state index contributed by atoms with van der Waals surface area (Å²) >= 11 is 3.31. The summed E-state index contributed by atoms with van der Waals surface area (Å²) in [4.78, 5) is 15.9. The number of pyridine rings is 1. The van der Waals surface area contributed by atoms with Crippen LogP contribution >= 0.6 is 15.9 Å². The number of aryl methyl sites for hydroxylation is 1. The number of carbonyl (C=O) groups excluding carboxylic acids is 1. The van der Waals surface area contributed by atoms with Crippen LogP contribution in [0.3, 0.4) is 0 Å². The molecular weight excluding hydrogens is 284 g/mol. The van der Waals surface area contributed by atoms with Gasteiger partial charge < -0.3 is 5.32 Å². The van der Waals surface area contributed by atoms with E-state index >= 15 is 0 Å². The number of halogens is 1. The van der Waals surface area contributed by atoms with Crippen molar-refractivity contribution in [3.05, 3.63) is 40.8 Å². The van der Waals surface area contributed by atoms with E-state index in [2.05, 4.69) is 31.3 Å². The number of nitrogens with one attached hydrogen (secondary N) is 1. The van der Waals surface area contributed by atoms with Crippen LogP contribution in [-0.2, 0) is 6.54 Å². The van der Waals surface area contributed by atoms with Crippen molar-refractivity contribution in [3.8, 4) is 0 Å². The highest BCUT2D eigenvalue weighted by Crippen LogP contribution is 2.16. The number of nitrogens with zero attached hydrogens (tertiary/aromatic N) is 3. The lowest BCUT2D eigenvalue weighted by molar-refractivity contribution is 0.102. The Morgan fingerprint density at radius 2 is 2.35 bits per heavy atom. The second kappa shape index (κ2) is 5.09. The van der Waals surface area contributed by atoms with Gasteiger partial charge in [0.1, 0.15) is 5.82 Å². The third-order valence-corrected chi connectivity index (χ3v) is 2.74. The van der Waals surface area contributed by atoms with Gasteiger partial charge in [-0.05, 0) is 35.0 Å². The van der Waals surface area contributed by atoms with E-state index in [4.69, 9.17) is 0 Å². The molecule has 5 nitrogen and oxygen atoms in total. The van der Waals surface area contributed by atoms with Gasteiger partial charge in [0.15, 0.2) is 5.69 Å². The second-order valence-electron chi connectivity index (χ2n) is 3.35. The molecule has 6 heteroatoms. The predicted molar refractivity (Wildman–Crippen MR) is 67.8 cm³/mol. The predicted octanol–water partition coefficient (Wildman–Crippen LogP) is 2.31. The lowest BCUT2D eigenvalue weighted by Gasteiger charge is -2.01. The van der Waals surface area contributed by atoms with E-state index in [0.717, 1.165) is 6.54 Å². The fourth-order valence-electron chi connectivity index (χ4n) is 1.33. The van der Waals surface area contributed by atoms with E-state index in [1.807, 2.05) is 13.0 Å². The first kappa shape index (κ1) is 11.8. The highest BCUT2D eigenvalue weighted by atomic mass is 79.9. The lowest BCUT2D eigenvalue weighted by Crippen LogP contribution is -2.14. The maximum Gasteiger partial charge on any atom is 0.278 e. The van der Waals surface area contributed by atoms with E-state index < -0.39 is 0 Å². The molecule has 2 aromatic heterocycles. The Kier molecular flexibility index (Phi) is 3.53. The minimum Gasteiger partial charge on any atom is -0.305 e. The molecule has 17 heavy (non-hydrogen) atoms. The third kappa shape index (κ3) is 2.71. The van der Waals surface area contributed by atoms with Gasteiger partial charge in [-0.3, -0.25) is 9.48 Å². The molecule has 0 aliphatic rings. The van der Waals surface area contributed by atoms with Crippen LogP contribution in [0.5, 0.6) is 0 Å². The first-order valence-corrected chi connectivity index (χ1v) is 5.95. The van der Waals surface area contributed by atoms with Crippen LogP contribution in [0, 0.1) is 0 Å². The molecule has 88 valence electrons. The standard InChI is InChI=1S/C11H11BrN4O/c1-2-16-7-8(12)10(15-16)11(17)14-9-5-3-4-6-13-9/h3-7H,2H2,1H3,(H,13,14,17). The normalized spacial score (nSPS) is 10.2. The molecule has 0 spiro atoms. The van der Waals surface area contributed by atoms with Gasteiger partial charge in [0.05, 0.1) is 4.47 Å². The molecule has 1 amide bonds. The summed E-state index contributed by atoms with van der Waals surface area (Å²) in [6, 6.07) is 5.32. The van der Waals surface area contributed by atoms with Crippen molar-refractivity contribution in [1.29, 1.82) is 0 Å². The van der Waals surface area contributed by atoms with Crippen molar-refractivity contribution >= 4 is 27.7 Å². The van der Waals surface area contributed by atoms with E-state index in [9.17, 15) is 4.79 Å². The SMILES string of the molecule is CCn1cc(Br)c(C(=O)Nc2ccccn2)n1. The van der Waals surface area contributed by atoms with Crippen molar-refractivity contribution in [2.24, 2.45) is 0 Å². The quantitative estimate of drug-likeness (QED) is 0.945. The number of aromatic nitrogens is 3. The zero-order valence-corrected chi connectivity index (χ0v) is 10.8. The summed E-state index contributed by atoms with van der Waals surface area (Å²) in [5.74, 6) is 0.234. The van der Waals surface area contributed by atoms with E-state index in [-0.39, 0.29) is 5.91 Å².